The molecule has 0 N–H and O–H groups in total. The van der Waals surface area contributed by atoms with E-state index in [2.05, 4.69) is 0 Å². The average Bonchev–Trinajstić information content (AvgIpc) is 3.06. The van der Waals surface area contributed by atoms with Gasteiger partial charge >= 0.3 is 0 Å². The van der Waals surface area contributed by atoms with E-state index in [1.807, 2.05) is 13.8 Å². The standard InChI is InChI=1S/C39H66O3/c1-3-35(40)27-17-29-38(31-19-9-5-10-20-31,32-21-11-6-12-22-32)37(42)39(30-18-28-36(41)4-2,33-23-13-7-14-24-33)34-25-15-8-16-26-34/h31-34H,3-30H2,1-2H3. The Morgan fingerprint density at radius 3 is 0.952 bits per heavy atom. The molecule has 0 bridgehead atoms. The third kappa shape index (κ3) is 7.80. The van der Waals surface area contributed by atoms with Crippen molar-refractivity contribution in [3.63, 3.8) is 0 Å². The molecule has 0 spiro atoms. The normalized spacial score (nSPS) is 22.7. The molecule has 3 nitrogen and oxygen atoms in total. The van der Waals surface area contributed by atoms with Gasteiger partial charge in [-0.05, 0) is 101 Å². The molecule has 0 aromatic heterocycles. The first-order valence-electron chi connectivity index (χ1n) is 19.1. The van der Waals surface area contributed by atoms with E-state index in [0.29, 0.717) is 66.7 Å². The summed E-state index contributed by atoms with van der Waals surface area (Å²) in [5.74, 6) is 3.38. The van der Waals surface area contributed by atoms with Gasteiger partial charge in [0.2, 0.25) is 0 Å². The Morgan fingerprint density at radius 1 is 0.452 bits per heavy atom. The smallest absolute Gasteiger partial charge is 0.146 e. The van der Waals surface area contributed by atoms with Crippen molar-refractivity contribution in [2.75, 3.05) is 0 Å². The van der Waals surface area contributed by atoms with Gasteiger partial charge in [0.05, 0.1) is 0 Å². The van der Waals surface area contributed by atoms with Gasteiger partial charge in [-0.25, -0.2) is 0 Å². The Balaban J connectivity index is 1.84. The third-order valence-corrected chi connectivity index (χ3v) is 13.1. The van der Waals surface area contributed by atoms with Crippen LogP contribution in [0.2, 0.25) is 0 Å². The molecular weight excluding hydrogens is 516 g/mol. The summed E-state index contributed by atoms with van der Waals surface area (Å²) in [6, 6.07) is 0. The van der Waals surface area contributed by atoms with Gasteiger partial charge in [0.25, 0.3) is 0 Å². The molecule has 4 fully saturated rings. The fourth-order valence-electron chi connectivity index (χ4n) is 10.9. The van der Waals surface area contributed by atoms with Crippen molar-refractivity contribution in [3.8, 4) is 0 Å². The Labute approximate surface area is 259 Å². The van der Waals surface area contributed by atoms with Gasteiger partial charge in [-0.1, -0.05) is 90.9 Å². The molecule has 240 valence electrons. The fourth-order valence-corrected chi connectivity index (χ4v) is 10.9. The summed E-state index contributed by atoms with van der Waals surface area (Å²) in [5.41, 5.74) is -0.531. The fraction of sp³-hybridized carbons (Fsp3) is 0.923. The Kier molecular flexibility index (Phi) is 13.6. The van der Waals surface area contributed by atoms with E-state index >= 15 is 4.79 Å². The van der Waals surface area contributed by atoms with Gasteiger partial charge < -0.3 is 0 Å². The van der Waals surface area contributed by atoms with Crippen molar-refractivity contribution >= 4 is 17.3 Å². The van der Waals surface area contributed by atoms with Crippen LogP contribution in [0.1, 0.15) is 194 Å². The molecule has 0 heterocycles. The SMILES string of the molecule is CCC(=O)CCCC(C(=O)C(CCCC(=O)CC)(C1CCCCC1)C1CCCCC1)(C1CCCCC1)C1CCCCC1. The molecule has 0 aromatic carbocycles. The van der Waals surface area contributed by atoms with E-state index in [4.69, 9.17) is 0 Å². The molecule has 3 heteroatoms. The van der Waals surface area contributed by atoms with Crippen LogP contribution in [0.4, 0.5) is 0 Å². The lowest BCUT2D eigenvalue weighted by molar-refractivity contribution is -0.164. The lowest BCUT2D eigenvalue weighted by Crippen LogP contribution is -2.58. The predicted molar refractivity (Wildman–Crippen MR) is 174 cm³/mol. The molecular formula is C39H66O3. The van der Waals surface area contributed by atoms with Crippen LogP contribution in [0.5, 0.6) is 0 Å². The van der Waals surface area contributed by atoms with Crippen LogP contribution < -0.4 is 0 Å². The second-order valence-corrected chi connectivity index (χ2v) is 15.2. The van der Waals surface area contributed by atoms with E-state index in [0.717, 1.165) is 25.7 Å². The van der Waals surface area contributed by atoms with Crippen LogP contribution in [0.25, 0.3) is 0 Å². The maximum absolute atomic E-state index is 16.4. The van der Waals surface area contributed by atoms with Gasteiger partial charge in [-0.2, -0.15) is 0 Å². The largest absolute Gasteiger partial charge is 0.300 e. The van der Waals surface area contributed by atoms with Crippen LogP contribution in [-0.2, 0) is 14.4 Å². The summed E-state index contributed by atoms with van der Waals surface area (Å²) in [7, 11) is 0. The Bertz CT molecular complexity index is 730. The summed E-state index contributed by atoms with van der Waals surface area (Å²) in [6.07, 6.45) is 31.3. The predicted octanol–water partition coefficient (Wildman–Crippen LogP) is 11.1. The van der Waals surface area contributed by atoms with Crippen LogP contribution in [-0.4, -0.2) is 17.3 Å². The molecule has 4 saturated carbocycles. The second kappa shape index (κ2) is 16.9. The van der Waals surface area contributed by atoms with E-state index in [1.54, 1.807) is 0 Å². The van der Waals surface area contributed by atoms with E-state index in [9.17, 15) is 9.59 Å². The number of rotatable bonds is 16. The van der Waals surface area contributed by atoms with Crippen LogP contribution in [0.3, 0.4) is 0 Å². The first-order chi connectivity index (χ1) is 20.5. The summed E-state index contributed by atoms with van der Waals surface area (Å²) in [4.78, 5) is 41.7. The molecule has 4 rings (SSSR count). The first kappa shape index (κ1) is 33.9. The summed E-state index contributed by atoms with van der Waals surface area (Å²) >= 11 is 0. The molecule has 0 unspecified atom stereocenters. The highest BCUT2D eigenvalue weighted by atomic mass is 16.1. The van der Waals surface area contributed by atoms with Crippen molar-refractivity contribution in [1.82, 2.24) is 0 Å². The van der Waals surface area contributed by atoms with E-state index in [-0.39, 0.29) is 10.8 Å². The number of hydrogen-bond donors (Lipinski definition) is 0. The van der Waals surface area contributed by atoms with Gasteiger partial charge in [0.15, 0.2) is 0 Å². The molecule has 0 saturated heterocycles. The molecule has 42 heavy (non-hydrogen) atoms. The molecule has 0 aromatic rings. The van der Waals surface area contributed by atoms with Crippen molar-refractivity contribution in [1.29, 1.82) is 0 Å². The second-order valence-electron chi connectivity index (χ2n) is 15.2. The number of ketones is 3. The quantitative estimate of drug-likeness (QED) is 0.182. The number of Topliss-reactive ketones (excluding diaryl/α,β-unsaturated/α-hetero) is 3. The van der Waals surface area contributed by atoms with Gasteiger partial charge in [0.1, 0.15) is 17.3 Å². The molecule has 0 aliphatic heterocycles. The number of hydrogen-bond acceptors (Lipinski definition) is 3. The highest BCUT2D eigenvalue weighted by molar-refractivity contribution is 5.92. The van der Waals surface area contributed by atoms with Crippen molar-refractivity contribution in [2.24, 2.45) is 34.5 Å². The third-order valence-electron chi connectivity index (χ3n) is 13.1. The zero-order valence-electron chi connectivity index (χ0n) is 27.8. The van der Waals surface area contributed by atoms with Crippen molar-refractivity contribution in [2.45, 2.75) is 194 Å². The maximum atomic E-state index is 16.4. The zero-order chi connectivity index (χ0) is 29.8. The minimum atomic E-state index is -0.265. The monoisotopic (exact) mass is 583 g/mol. The van der Waals surface area contributed by atoms with Crippen molar-refractivity contribution < 1.29 is 14.4 Å². The van der Waals surface area contributed by atoms with Gasteiger partial charge in [0, 0.05) is 36.5 Å². The molecule has 0 atom stereocenters. The Morgan fingerprint density at radius 2 is 0.714 bits per heavy atom. The Hall–Kier alpha value is -0.990. The van der Waals surface area contributed by atoms with Crippen LogP contribution in [0, 0.1) is 34.5 Å². The van der Waals surface area contributed by atoms with Gasteiger partial charge in [-0.15, -0.1) is 0 Å². The lowest BCUT2D eigenvalue weighted by atomic mass is 9.45. The maximum Gasteiger partial charge on any atom is 0.146 e. The topological polar surface area (TPSA) is 51.2 Å². The molecule has 4 aliphatic rings. The average molecular weight is 583 g/mol. The van der Waals surface area contributed by atoms with E-state index < -0.39 is 0 Å². The van der Waals surface area contributed by atoms with Crippen LogP contribution >= 0.6 is 0 Å². The minimum Gasteiger partial charge on any atom is -0.300 e. The van der Waals surface area contributed by atoms with E-state index in [1.165, 1.54) is 128 Å². The molecule has 0 amide bonds. The highest BCUT2D eigenvalue weighted by Crippen LogP contribution is 2.61. The van der Waals surface area contributed by atoms with Crippen molar-refractivity contribution in [3.05, 3.63) is 0 Å². The number of carbonyl (C=O) groups excluding carboxylic acids is 3. The summed E-state index contributed by atoms with van der Waals surface area (Å²) in [5, 5.41) is 0. The molecule has 0 radical (unpaired) electrons. The highest BCUT2D eigenvalue weighted by Gasteiger charge is 2.60. The zero-order valence-corrected chi connectivity index (χ0v) is 27.8. The molecule has 4 aliphatic carbocycles. The summed E-state index contributed by atoms with van der Waals surface area (Å²) in [6.45, 7) is 4.00. The lowest BCUT2D eigenvalue weighted by Gasteiger charge is -2.57. The van der Waals surface area contributed by atoms with Gasteiger partial charge in [-0.3, -0.25) is 14.4 Å². The minimum absolute atomic E-state index is 0.265. The first-order valence-corrected chi connectivity index (χ1v) is 19.1. The summed E-state index contributed by atoms with van der Waals surface area (Å²) < 4.78 is 0. The number of carbonyl (C=O) groups is 3. The van der Waals surface area contributed by atoms with Crippen LogP contribution in [0.15, 0.2) is 0 Å².